The van der Waals surface area contributed by atoms with Crippen LogP contribution in [0.2, 0.25) is 0 Å². The Kier molecular flexibility index (Phi) is 5.74. The quantitative estimate of drug-likeness (QED) is 0.854. The Morgan fingerprint density at radius 2 is 1.93 bits per heavy atom. The van der Waals surface area contributed by atoms with E-state index in [1.54, 1.807) is 12.4 Å². The molecule has 2 heterocycles. The number of nitrogens with zero attached hydrogens (tertiary/aromatic N) is 3. The minimum atomic E-state index is -0.106. The van der Waals surface area contributed by atoms with E-state index in [0.29, 0.717) is 0 Å². The highest BCUT2D eigenvalue weighted by atomic mass is 16.2. The van der Waals surface area contributed by atoms with Crippen molar-refractivity contribution >= 4 is 12.0 Å². The van der Waals surface area contributed by atoms with Crippen molar-refractivity contribution in [2.45, 2.75) is 57.5 Å². The van der Waals surface area contributed by atoms with E-state index in [4.69, 9.17) is 0 Å². The summed E-state index contributed by atoms with van der Waals surface area (Å²) in [6.45, 7) is 3.72. The summed E-state index contributed by atoms with van der Waals surface area (Å²) in [5, 5.41) is 6.24. The number of amides is 2. The molecule has 0 unspecified atom stereocenters. The molecule has 28 heavy (non-hydrogen) atoms. The summed E-state index contributed by atoms with van der Waals surface area (Å²) >= 11 is 0. The Morgan fingerprint density at radius 3 is 2.75 bits per heavy atom. The van der Waals surface area contributed by atoms with Crippen LogP contribution in [-0.4, -0.2) is 35.1 Å². The average molecular weight is 380 g/mol. The Labute approximate surface area is 166 Å². The smallest absolute Gasteiger partial charge is 0.315 e. The number of aryl methyl sites for hydroxylation is 2. The van der Waals surface area contributed by atoms with Crippen LogP contribution >= 0.6 is 0 Å². The van der Waals surface area contributed by atoms with Gasteiger partial charge in [-0.05, 0) is 68.2 Å². The fourth-order valence-electron chi connectivity index (χ4n) is 4.26. The minimum absolute atomic E-state index is 0.00984. The molecule has 6 nitrogen and oxygen atoms in total. The van der Waals surface area contributed by atoms with Crippen molar-refractivity contribution in [3.63, 3.8) is 0 Å². The second kappa shape index (κ2) is 8.59. The molecule has 1 fully saturated rings. The van der Waals surface area contributed by atoms with E-state index in [2.05, 4.69) is 50.6 Å². The van der Waals surface area contributed by atoms with Crippen molar-refractivity contribution < 1.29 is 4.79 Å². The number of urea groups is 1. The molecule has 2 aliphatic rings. The molecule has 0 bridgehead atoms. The van der Waals surface area contributed by atoms with Crippen molar-refractivity contribution in [1.29, 1.82) is 0 Å². The van der Waals surface area contributed by atoms with Crippen molar-refractivity contribution in [2.24, 2.45) is 0 Å². The van der Waals surface area contributed by atoms with Gasteiger partial charge in [0.2, 0.25) is 5.95 Å². The van der Waals surface area contributed by atoms with Gasteiger partial charge >= 0.3 is 6.03 Å². The lowest BCUT2D eigenvalue weighted by molar-refractivity contribution is 0.232. The van der Waals surface area contributed by atoms with Gasteiger partial charge < -0.3 is 15.5 Å². The van der Waals surface area contributed by atoms with Crippen LogP contribution in [0.4, 0.5) is 10.7 Å². The van der Waals surface area contributed by atoms with Crippen LogP contribution in [0.3, 0.4) is 0 Å². The molecule has 2 N–H and O–H groups in total. The highest BCUT2D eigenvalue weighted by molar-refractivity contribution is 5.75. The highest BCUT2D eigenvalue weighted by Crippen LogP contribution is 2.24. The summed E-state index contributed by atoms with van der Waals surface area (Å²) in [7, 11) is 0. The first-order valence-corrected chi connectivity index (χ1v) is 10.4. The number of anilines is 1. The highest BCUT2D eigenvalue weighted by Gasteiger charge is 2.23. The van der Waals surface area contributed by atoms with Gasteiger partial charge in [-0.3, -0.25) is 0 Å². The SMILES string of the molecule is C[C@@H](NC(=O)N[C@H]1CCCN(c2ncccn2)C1)c1ccc2c(c1)CCCC2. The average Bonchev–Trinajstić information content (AvgIpc) is 2.74. The fourth-order valence-corrected chi connectivity index (χ4v) is 4.26. The van der Waals surface area contributed by atoms with Crippen molar-refractivity contribution in [3.8, 4) is 0 Å². The number of fused-ring (bicyclic) bond motifs is 1. The second-order valence-electron chi connectivity index (χ2n) is 7.91. The largest absolute Gasteiger partial charge is 0.339 e. The van der Waals surface area contributed by atoms with E-state index in [-0.39, 0.29) is 18.1 Å². The van der Waals surface area contributed by atoms with Crippen LogP contribution in [-0.2, 0) is 12.8 Å². The predicted octanol–water partition coefficient (Wildman–Crippen LogP) is 3.38. The lowest BCUT2D eigenvalue weighted by Crippen LogP contribution is -2.51. The van der Waals surface area contributed by atoms with Crippen molar-refractivity contribution in [3.05, 3.63) is 53.3 Å². The summed E-state index contributed by atoms with van der Waals surface area (Å²) in [4.78, 5) is 23.3. The number of carbonyl (C=O) groups excluding carboxylic acids is 1. The molecular formula is C22H29N5O. The Morgan fingerprint density at radius 1 is 1.14 bits per heavy atom. The maximum Gasteiger partial charge on any atom is 0.315 e. The molecule has 1 aromatic heterocycles. The van der Waals surface area contributed by atoms with Gasteiger partial charge in [-0.15, -0.1) is 0 Å². The standard InChI is InChI=1S/C22H29N5O/c1-16(18-10-9-17-6-2-3-7-19(17)14-18)25-22(28)26-20-8-4-13-27(15-20)21-23-11-5-12-24-21/h5,9-12,14,16,20H,2-4,6-8,13,15H2,1H3,(H2,25,26,28)/t16-,20+/m1/s1. The molecule has 1 aliphatic carbocycles. The molecule has 0 spiro atoms. The number of hydrogen-bond acceptors (Lipinski definition) is 4. The van der Waals surface area contributed by atoms with Gasteiger partial charge in [-0.1, -0.05) is 18.2 Å². The third-order valence-corrected chi connectivity index (χ3v) is 5.81. The summed E-state index contributed by atoms with van der Waals surface area (Å²) in [6.07, 6.45) is 10.4. The molecular weight excluding hydrogens is 350 g/mol. The van der Waals surface area contributed by atoms with E-state index in [0.717, 1.165) is 38.3 Å². The Bertz CT molecular complexity index is 810. The summed E-state index contributed by atoms with van der Waals surface area (Å²) in [5.74, 6) is 0.733. The fraction of sp³-hybridized carbons (Fsp3) is 0.500. The number of nitrogens with one attached hydrogen (secondary N) is 2. The number of benzene rings is 1. The van der Waals surface area contributed by atoms with Gasteiger partial charge in [0.15, 0.2) is 0 Å². The first-order chi connectivity index (χ1) is 13.7. The Hall–Kier alpha value is -2.63. The molecule has 0 saturated carbocycles. The monoisotopic (exact) mass is 379 g/mol. The van der Waals surface area contributed by atoms with Gasteiger partial charge in [-0.2, -0.15) is 0 Å². The third-order valence-electron chi connectivity index (χ3n) is 5.81. The minimum Gasteiger partial charge on any atom is -0.339 e. The van der Waals surface area contributed by atoms with Gasteiger partial charge in [-0.25, -0.2) is 14.8 Å². The van der Waals surface area contributed by atoms with Gasteiger partial charge in [0.1, 0.15) is 0 Å². The lowest BCUT2D eigenvalue weighted by Gasteiger charge is -2.33. The van der Waals surface area contributed by atoms with Crippen molar-refractivity contribution in [1.82, 2.24) is 20.6 Å². The topological polar surface area (TPSA) is 70.2 Å². The number of rotatable bonds is 4. The van der Waals surface area contributed by atoms with E-state index >= 15 is 0 Å². The van der Waals surface area contributed by atoms with Crippen LogP contribution in [0.15, 0.2) is 36.7 Å². The molecule has 148 valence electrons. The third kappa shape index (κ3) is 4.43. The zero-order valence-corrected chi connectivity index (χ0v) is 16.5. The van der Waals surface area contributed by atoms with Crippen LogP contribution < -0.4 is 15.5 Å². The predicted molar refractivity (Wildman–Crippen MR) is 110 cm³/mol. The van der Waals surface area contributed by atoms with Gasteiger partial charge in [0, 0.05) is 31.5 Å². The summed E-state index contributed by atoms with van der Waals surface area (Å²) in [6, 6.07) is 8.47. The molecule has 2 aromatic rings. The van der Waals surface area contributed by atoms with Crippen LogP contribution in [0.25, 0.3) is 0 Å². The molecule has 4 rings (SSSR count). The Balaban J connectivity index is 1.32. The second-order valence-corrected chi connectivity index (χ2v) is 7.91. The number of aromatic nitrogens is 2. The molecule has 1 aliphatic heterocycles. The van der Waals surface area contributed by atoms with E-state index in [9.17, 15) is 4.79 Å². The molecule has 1 aromatic carbocycles. The molecule has 2 atom stereocenters. The zero-order valence-electron chi connectivity index (χ0n) is 16.5. The van der Waals surface area contributed by atoms with E-state index < -0.39 is 0 Å². The molecule has 1 saturated heterocycles. The van der Waals surface area contributed by atoms with E-state index in [1.807, 2.05) is 6.07 Å². The molecule has 0 radical (unpaired) electrons. The maximum absolute atomic E-state index is 12.6. The van der Waals surface area contributed by atoms with Crippen LogP contribution in [0.5, 0.6) is 0 Å². The number of carbonyl (C=O) groups is 1. The molecule has 6 heteroatoms. The van der Waals surface area contributed by atoms with Crippen LogP contribution in [0, 0.1) is 0 Å². The number of hydrogen-bond donors (Lipinski definition) is 2. The van der Waals surface area contributed by atoms with Crippen LogP contribution in [0.1, 0.15) is 55.3 Å². The summed E-state index contributed by atoms with van der Waals surface area (Å²) < 4.78 is 0. The normalized spacial score (nSPS) is 20.2. The van der Waals surface area contributed by atoms with Crippen molar-refractivity contribution in [2.75, 3.05) is 18.0 Å². The van der Waals surface area contributed by atoms with E-state index in [1.165, 1.54) is 36.0 Å². The first-order valence-electron chi connectivity index (χ1n) is 10.4. The van der Waals surface area contributed by atoms with Gasteiger partial charge in [0.05, 0.1) is 6.04 Å². The zero-order chi connectivity index (χ0) is 19.3. The molecule has 2 amide bonds. The summed E-state index contributed by atoms with van der Waals surface area (Å²) in [5.41, 5.74) is 4.10. The maximum atomic E-state index is 12.6. The first kappa shape index (κ1) is 18.7. The number of piperidine rings is 1. The lowest BCUT2D eigenvalue weighted by atomic mass is 9.89. The van der Waals surface area contributed by atoms with Gasteiger partial charge in [0.25, 0.3) is 0 Å².